The number of carbonyl (C=O) groups excluding carboxylic acids is 2. The summed E-state index contributed by atoms with van der Waals surface area (Å²) in [5.41, 5.74) is 0.481. The van der Waals surface area contributed by atoms with Gasteiger partial charge in [0.05, 0.1) is 44.4 Å². The third-order valence-electron chi connectivity index (χ3n) is 4.91. The number of halogens is 3. The number of para-hydroxylation sites is 1. The maximum atomic E-state index is 12.8. The van der Waals surface area contributed by atoms with Crippen LogP contribution in [0.1, 0.15) is 23.2 Å². The topological polar surface area (TPSA) is 105 Å². The summed E-state index contributed by atoms with van der Waals surface area (Å²) in [6.45, 7) is 0.439. The van der Waals surface area contributed by atoms with Crippen molar-refractivity contribution in [2.45, 2.75) is 18.9 Å². The molecule has 0 radical (unpaired) electrons. The maximum Gasteiger partial charge on any atom is 0.253 e. The van der Waals surface area contributed by atoms with Crippen LogP contribution in [0.4, 0.5) is 11.4 Å². The van der Waals surface area contributed by atoms with Crippen molar-refractivity contribution >= 4 is 68.0 Å². The first-order valence-electron chi connectivity index (χ1n) is 9.97. The summed E-state index contributed by atoms with van der Waals surface area (Å²) in [5, 5.41) is 5.63. The molecule has 0 spiro atoms. The highest BCUT2D eigenvalue weighted by Gasteiger charge is 2.25. The molecule has 0 aromatic heterocycles. The molecule has 3 rings (SSSR count). The van der Waals surface area contributed by atoms with Gasteiger partial charge in [0, 0.05) is 13.2 Å². The fourth-order valence-corrected chi connectivity index (χ4v) is 4.85. The van der Waals surface area contributed by atoms with Crippen molar-refractivity contribution in [1.82, 2.24) is 5.32 Å². The number of ether oxygens (including phenoxy) is 1. The van der Waals surface area contributed by atoms with E-state index in [0.29, 0.717) is 13.2 Å². The number of benzene rings is 2. The standard InChI is InChI=1S/C21H22Cl3N3O5S/c1-33(30,31)27(19-10-16(23)15(22)9-17(19)24)12-20(28)26-18-7-3-2-6-14(18)21(29)25-11-13-5-4-8-32-13/h2-3,6-7,9-10,13H,4-5,8,11-12H2,1H3,(H,25,29)(H,26,28)/t13-/m1/s1. The van der Waals surface area contributed by atoms with Crippen LogP contribution in [0.2, 0.25) is 15.1 Å². The van der Waals surface area contributed by atoms with Gasteiger partial charge < -0.3 is 15.4 Å². The molecule has 1 aliphatic rings. The average Bonchev–Trinajstić information content (AvgIpc) is 3.26. The molecular formula is C21H22Cl3N3O5S. The third kappa shape index (κ3) is 6.74. The van der Waals surface area contributed by atoms with E-state index in [4.69, 9.17) is 39.5 Å². The van der Waals surface area contributed by atoms with Gasteiger partial charge in [0.2, 0.25) is 15.9 Å². The van der Waals surface area contributed by atoms with E-state index < -0.39 is 22.5 Å². The zero-order chi connectivity index (χ0) is 24.2. The summed E-state index contributed by atoms with van der Waals surface area (Å²) >= 11 is 18.1. The lowest BCUT2D eigenvalue weighted by molar-refractivity contribution is -0.114. The molecule has 12 heteroatoms. The lowest BCUT2D eigenvalue weighted by Crippen LogP contribution is -2.38. The van der Waals surface area contributed by atoms with Crippen molar-refractivity contribution in [2.24, 2.45) is 0 Å². The summed E-state index contributed by atoms with van der Waals surface area (Å²) in [5.74, 6) is -1.06. The van der Waals surface area contributed by atoms with Gasteiger partial charge in [-0.2, -0.15) is 0 Å². The Morgan fingerprint density at radius 3 is 2.48 bits per heavy atom. The highest BCUT2D eigenvalue weighted by atomic mass is 35.5. The van der Waals surface area contributed by atoms with E-state index in [-0.39, 0.29) is 44.0 Å². The lowest BCUT2D eigenvalue weighted by Gasteiger charge is -2.23. The Morgan fingerprint density at radius 1 is 1.12 bits per heavy atom. The molecule has 2 N–H and O–H groups in total. The Labute approximate surface area is 207 Å². The van der Waals surface area contributed by atoms with Gasteiger partial charge >= 0.3 is 0 Å². The summed E-state index contributed by atoms with van der Waals surface area (Å²) < 4.78 is 31.1. The molecule has 33 heavy (non-hydrogen) atoms. The van der Waals surface area contributed by atoms with Crippen LogP contribution in [-0.4, -0.2) is 52.3 Å². The molecule has 0 aliphatic carbocycles. The highest BCUT2D eigenvalue weighted by molar-refractivity contribution is 7.92. The highest BCUT2D eigenvalue weighted by Crippen LogP contribution is 2.35. The van der Waals surface area contributed by atoms with E-state index in [1.807, 2.05) is 0 Å². The number of nitrogens with one attached hydrogen (secondary N) is 2. The number of hydrogen-bond donors (Lipinski definition) is 2. The van der Waals surface area contributed by atoms with Crippen molar-refractivity contribution in [3.63, 3.8) is 0 Å². The van der Waals surface area contributed by atoms with Gasteiger partial charge in [-0.1, -0.05) is 46.9 Å². The zero-order valence-electron chi connectivity index (χ0n) is 17.6. The minimum Gasteiger partial charge on any atom is -0.376 e. The summed E-state index contributed by atoms with van der Waals surface area (Å²) in [7, 11) is -3.91. The predicted molar refractivity (Wildman–Crippen MR) is 130 cm³/mol. The number of anilines is 2. The second-order valence-electron chi connectivity index (χ2n) is 7.43. The van der Waals surface area contributed by atoms with Crippen LogP contribution >= 0.6 is 34.8 Å². The fraction of sp³-hybridized carbons (Fsp3) is 0.333. The van der Waals surface area contributed by atoms with Crippen LogP contribution in [0.25, 0.3) is 0 Å². The van der Waals surface area contributed by atoms with E-state index in [2.05, 4.69) is 10.6 Å². The molecule has 0 saturated carbocycles. The summed E-state index contributed by atoms with van der Waals surface area (Å²) in [6.07, 6.45) is 2.73. The van der Waals surface area contributed by atoms with Crippen molar-refractivity contribution in [1.29, 1.82) is 0 Å². The van der Waals surface area contributed by atoms with E-state index in [1.54, 1.807) is 24.3 Å². The Morgan fingerprint density at radius 2 is 1.82 bits per heavy atom. The third-order valence-corrected chi connectivity index (χ3v) is 7.06. The monoisotopic (exact) mass is 533 g/mol. The van der Waals surface area contributed by atoms with Crippen molar-refractivity contribution in [3.05, 3.63) is 57.0 Å². The Balaban J connectivity index is 1.76. The van der Waals surface area contributed by atoms with Crippen molar-refractivity contribution < 1.29 is 22.7 Å². The Hall–Kier alpha value is -2.04. The normalized spacial score (nSPS) is 15.8. The van der Waals surface area contributed by atoms with E-state index in [0.717, 1.165) is 23.4 Å². The van der Waals surface area contributed by atoms with Gasteiger partial charge in [-0.15, -0.1) is 0 Å². The van der Waals surface area contributed by atoms with E-state index in [9.17, 15) is 18.0 Å². The molecule has 8 nitrogen and oxygen atoms in total. The average molecular weight is 535 g/mol. The molecule has 1 fully saturated rings. The second kappa shape index (κ2) is 10.9. The van der Waals surface area contributed by atoms with Crippen LogP contribution in [-0.2, 0) is 19.6 Å². The maximum absolute atomic E-state index is 12.8. The van der Waals surface area contributed by atoms with Gasteiger partial charge in [0.1, 0.15) is 6.54 Å². The first kappa shape index (κ1) is 25.6. The van der Waals surface area contributed by atoms with Crippen LogP contribution in [0.3, 0.4) is 0 Å². The molecule has 0 unspecified atom stereocenters. The smallest absolute Gasteiger partial charge is 0.253 e. The summed E-state index contributed by atoms with van der Waals surface area (Å²) in [6, 6.07) is 8.99. The SMILES string of the molecule is CS(=O)(=O)N(CC(=O)Nc1ccccc1C(=O)NC[C@H]1CCCO1)c1cc(Cl)c(Cl)cc1Cl. The molecule has 178 valence electrons. The Bertz CT molecular complexity index is 1150. The molecule has 1 heterocycles. The largest absolute Gasteiger partial charge is 0.376 e. The zero-order valence-corrected chi connectivity index (χ0v) is 20.7. The fourth-order valence-electron chi connectivity index (χ4n) is 3.30. The number of nitrogens with zero attached hydrogens (tertiary/aromatic N) is 1. The van der Waals surface area contributed by atoms with Gasteiger partial charge in [-0.3, -0.25) is 13.9 Å². The minimum absolute atomic E-state index is 0.00584. The first-order valence-corrected chi connectivity index (χ1v) is 13.0. The van der Waals surface area contributed by atoms with Crippen LogP contribution in [0.15, 0.2) is 36.4 Å². The number of hydrogen-bond acceptors (Lipinski definition) is 5. The molecule has 1 atom stereocenters. The molecule has 2 amide bonds. The second-order valence-corrected chi connectivity index (χ2v) is 10.6. The first-order chi connectivity index (χ1) is 15.6. The van der Waals surface area contributed by atoms with Gasteiger partial charge in [0.25, 0.3) is 5.91 Å². The van der Waals surface area contributed by atoms with Crippen molar-refractivity contribution in [3.8, 4) is 0 Å². The number of rotatable bonds is 8. The van der Waals surface area contributed by atoms with Crippen LogP contribution in [0.5, 0.6) is 0 Å². The molecule has 1 aliphatic heterocycles. The minimum atomic E-state index is -3.91. The van der Waals surface area contributed by atoms with E-state index >= 15 is 0 Å². The molecule has 0 bridgehead atoms. The van der Waals surface area contributed by atoms with Crippen LogP contribution in [0, 0.1) is 0 Å². The molecule has 2 aromatic rings. The number of sulfonamides is 1. The predicted octanol–water partition coefficient (Wildman–Crippen LogP) is 3.96. The summed E-state index contributed by atoms with van der Waals surface area (Å²) in [4.78, 5) is 25.4. The number of amides is 2. The lowest BCUT2D eigenvalue weighted by atomic mass is 10.1. The van der Waals surface area contributed by atoms with Gasteiger partial charge in [-0.05, 0) is 37.1 Å². The van der Waals surface area contributed by atoms with Crippen molar-refractivity contribution in [2.75, 3.05) is 35.6 Å². The van der Waals surface area contributed by atoms with Gasteiger partial charge in [0.15, 0.2) is 0 Å². The van der Waals surface area contributed by atoms with E-state index in [1.165, 1.54) is 12.1 Å². The molecular weight excluding hydrogens is 513 g/mol. The molecule has 2 aromatic carbocycles. The quantitative estimate of drug-likeness (QED) is 0.499. The number of carbonyl (C=O) groups is 2. The van der Waals surface area contributed by atoms with Crippen LogP contribution < -0.4 is 14.9 Å². The molecule has 1 saturated heterocycles. The Kier molecular flexibility index (Phi) is 8.47. The van der Waals surface area contributed by atoms with Gasteiger partial charge in [-0.25, -0.2) is 8.42 Å².